The minimum atomic E-state index is 0.402. The van der Waals surface area contributed by atoms with Crippen LogP contribution in [0.4, 0.5) is 0 Å². The fourth-order valence-corrected chi connectivity index (χ4v) is 4.64. The van der Waals surface area contributed by atoms with Gasteiger partial charge in [-0.15, -0.1) is 0 Å². The highest BCUT2D eigenvalue weighted by atomic mass is 16.3. The third-order valence-corrected chi connectivity index (χ3v) is 5.96. The number of hydrogen-bond acceptors (Lipinski definition) is 1. The molecule has 6 aromatic carbocycles. The molecule has 0 unspecified atom stereocenters. The molecule has 0 atom stereocenters. The molecule has 6 rings (SSSR count). The summed E-state index contributed by atoms with van der Waals surface area (Å²) in [6.45, 7) is 0. The van der Waals surface area contributed by atoms with Gasteiger partial charge in [-0.25, -0.2) is 0 Å². The smallest absolute Gasteiger partial charge is 0.126 e. The van der Waals surface area contributed by atoms with Crippen LogP contribution >= 0.6 is 0 Å². The van der Waals surface area contributed by atoms with Crippen molar-refractivity contribution in [1.29, 1.82) is 0 Å². The maximum atomic E-state index is 11.2. The van der Waals surface area contributed by atoms with Gasteiger partial charge in [-0.3, -0.25) is 0 Å². The second kappa shape index (κ2) is 5.71. The first-order valence-corrected chi connectivity index (χ1v) is 9.64. The highest BCUT2D eigenvalue weighted by Gasteiger charge is 2.15. The molecule has 0 heterocycles. The maximum absolute atomic E-state index is 11.2. The van der Waals surface area contributed by atoms with Crippen LogP contribution in [0.1, 0.15) is 11.1 Å². The predicted molar refractivity (Wildman–Crippen MR) is 119 cm³/mol. The highest BCUT2D eigenvalue weighted by Crippen LogP contribution is 2.41. The summed E-state index contributed by atoms with van der Waals surface area (Å²) in [5.74, 6) is 0.402. The number of rotatable bonds is 2. The summed E-state index contributed by atoms with van der Waals surface area (Å²) in [5.41, 5.74) is 2.21. The quantitative estimate of drug-likeness (QED) is 0.329. The molecule has 0 saturated heterocycles. The summed E-state index contributed by atoms with van der Waals surface area (Å²) >= 11 is 0. The third-order valence-electron chi connectivity index (χ3n) is 5.96. The average molecular weight is 358 g/mol. The largest absolute Gasteiger partial charge is 0.507 e. The van der Waals surface area contributed by atoms with Crippen LogP contribution < -0.4 is 0 Å². The molecule has 1 heteroatoms. The molecular formula is C27H18O. The van der Waals surface area contributed by atoms with Gasteiger partial charge in [0.25, 0.3) is 0 Å². The van der Waals surface area contributed by atoms with Gasteiger partial charge in [0.15, 0.2) is 0 Å². The van der Waals surface area contributed by atoms with E-state index in [2.05, 4.69) is 91.0 Å². The van der Waals surface area contributed by atoms with E-state index in [0.29, 0.717) is 12.2 Å². The normalized spacial score (nSPS) is 11.9. The van der Waals surface area contributed by atoms with Crippen LogP contribution in [0.25, 0.3) is 43.1 Å². The summed E-state index contributed by atoms with van der Waals surface area (Å²) in [6.07, 6.45) is 0.712. The minimum absolute atomic E-state index is 0.402. The second-order valence-corrected chi connectivity index (χ2v) is 7.56. The zero-order chi connectivity index (χ0) is 18.7. The molecule has 28 heavy (non-hydrogen) atoms. The average Bonchev–Trinajstić information content (AvgIpc) is 2.74. The molecule has 0 saturated carbocycles. The summed E-state index contributed by atoms with van der Waals surface area (Å²) in [4.78, 5) is 0. The Kier molecular flexibility index (Phi) is 3.15. The van der Waals surface area contributed by atoms with Crippen molar-refractivity contribution in [2.75, 3.05) is 0 Å². The lowest BCUT2D eigenvalue weighted by molar-refractivity contribution is 0.476. The van der Waals surface area contributed by atoms with Gasteiger partial charge in [-0.1, -0.05) is 78.9 Å². The fourth-order valence-electron chi connectivity index (χ4n) is 4.64. The summed E-state index contributed by atoms with van der Waals surface area (Å²) in [6, 6.07) is 31.9. The molecular weight excluding hydrogens is 340 g/mol. The molecule has 0 spiro atoms. The first-order chi connectivity index (χ1) is 13.8. The van der Waals surface area contributed by atoms with E-state index in [0.717, 1.165) is 16.3 Å². The van der Waals surface area contributed by atoms with Crippen molar-refractivity contribution in [3.8, 4) is 5.75 Å². The molecule has 0 radical (unpaired) electrons. The Morgan fingerprint density at radius 1 is 0.500 bits per heavy atom. The van der Waals surface area contributed by atoms with Crippen LogP contribution in [0.15, 0.2) is 91.0 Å². The topological polar surface area (TPSA) is 20.2 Å². The van der Waals surface area contributed by atoms with Gasteiger partial charge in [-0.05, 0) is 55.6 Å². The number of aromatic hydroxyl groups is 1. The third kappa shape index (κ3) is 2.13. The minimum Gasteiger partial charge on any atom is -0.507 e. The van der Waals surface area contributed by atoms with Crippen molar-refractivity contribution in [3.63, 3.8) is 0 Å². The van der Waals surface area contributed by atoms with E-state index in [9.17, 15) is 5.11 Å². The van der Waals surface area contributed by atoms with E-state index in [1.165, 1.54) is 37.9 Å². The molecule has 6 aromatic rings. The molecule has 0 bridgehead atoms. The zero-order valence-corrected chi connectivity index (χ0v) is 15.3. The van der Waals surface area contributed by atoms with Crippen molar-refractivity contribution in [2.45, 2.75) is 6.42 Å². The number of hydrogen-bond donors (Lipinski definition) is 1. The molecule has 0 aliphatic rings. The van der Waals surface area contributed by atoms with Crippen LogP contribution in [0.5, 0.6) is 5.75 Å². The van der Waals surface area contributed by atoms with Crippen LogP contribution in [0.3, 0.4) is 0 Å². The Bertz CT molecular complexity index is 1470. The highest BCUT2D eigenvalue weighted by molar-refractivity contribution is 6.24. The number of fused-ring (bicyclic) bond motifs is 1. The van der Waals surface area contributed by atoms with Crippen LogP contribution in [0.2, 0.25) is 0 Å². The van der Waals surface area contributed by atoms with Crippen LogP contribution in [-0.4, -0.2) is 5.11 Å². The molecule has 0 aromatic heterocycles. The van der Waals surface area contributed by atoms with Gasteiger partial charge >= 0.3 is 0 Å². The first-order valence-electron chi connectivity index (χ1n) is 9.64. The van der Waals surface area contributed by atoms with E-state index in [4.69, 9.17) is 0 Å². The predicted octanol–water partition coefficient (Wildman–Crippen LogP) is 7.03. The van der Waals surface area contributed by atoms with Gasteiger partial charge in [0, 0.05) is 17.2 Å². The lowest BCUT2D eigenvalue weighted by Crippen LogP contribution is -1.93. The van der Waals surface area contributed by atoms with E-state index < -0.39 is 0 Å². The van der Waals surface area contributed by atoms with E-state index in [1.807, 2.05) is 0 Å². The zero-order valence-electron chi connectivity index (χ0n) is 15.3. The van der Waals surface area contributed by atoms with Crippen molar-refractivity contribution in [1.82, 2.24) is 0 Å². The molecule has 0 fully saturated rings. The van der Waals surface area contributed by atoms with Crippen LogP contribution in [0, 0.1) is 0 Å². The molecule has 1 nitrogen and oxygen atoms in total. The van der Waals surface area contributed by atoms with Gasteiger partial charge in [0.1, 0.15) is 5.75 Å². The molecule has 0 amide bonds. The Labute approximate surface area is 162 Å². The van der Waals surface area contributed by atoms with E-state index in [-0.39, 0.29) is 0 Å². The SMILES string of the molecule is Oc1c(Cc2cccc3ccccc23)cc2ccc3cccc4ccc1c2c34. The van der Waals surface area contributed by atoms with Crippen molar-refractivity contribution in [3.05, 3.63) is 102 Å². The Balaban J connectivity index is 1.62. The van der Waals surface area contributed by atoms with Gasteiger partial charge in [0.05, 0.1) is 0 Å². The molecule has 1 N–H and O–H groups in total. The van der Waals surface area contributed by atoms with E-state index in [1.54, 1.807) is 0 Å². The monoisotopic (exact) mass is 358 g/mol. The first kappa shape index (κ1) is 15.5. The summed E-state index contributed by atoms with van der Waals surface area (Å²) in [7, 11) is 0. The number of benzene rings is 6. The lowest BCUT2D eigenvalue weighted by atomic mass is 9.90. The Morgan fingerprint density at radius 3 is 2.07 bits per heavy atom. The van der Waals surface area contributed by atoms with Crippen molar-refractivity contribution >= 4 is 43.1 Å². The standard InChI is InChI=1S/C27H18O/c28-27-22(15-20-9-3-6-17-5-1-2-10-23(17)20)16-21-12-11-18-7-4-8-19-13-14-24(27)26(21)25(18)19/h1-14,16,28H,15H2. The number of phenols is 1. The number of phenolic OH excluding ortho intramolecular Hbond substituents is 1. The van der Waals surface area contributed by atoms with E-state index >= 15 is 0 Å². The van der Waals surface area contributed by atoms with Crippen molar-refractivity contribution < 1.29 is 5.11 Å². The van der Waals surface area contributed by atoms with Gasteiger partial charge < -0.3 is 5.11 Å². The maximum Gasteiger partial charge on any atom is 0.126 e. The fraction of sp³-hybridized carbons (Fsp3) is 0.0370. The Hall–Kier alpha value is -3.58. The van der Waals surface area contributed by atoms with Crippen molar-refractivity contribution in [2.24, 2.45) is 0 Å². The Morgan fingerprint density at radius 2 is 1.18 bits per heavy atom. The lowest BCUT2D eigenvalue weighted by Gasteiger charge is -2.15. The van der Waals surface area contributed by atoms with Crippen LogP contribution in [-0.2, 0) is 6.42 Å². The second-order valence-electron chi connectivity index (χ2n) is 7.56. The summed E-state index contributed by atoms with van der Waals surface area (Å²) < 4.78 is 0. The molecule has 132 valence electrons. The van der Waals surface area contributed by atoms with Gasteiger partial charge in [-0.2, -0.15) is 0 Å². The van der Waals surface area contributed by atoms with Gasteiger partial charge in [0.2, 0.25) is 0 Å². The molecule has 0 aliphatic heterocycles. The molecule has 0 aliphatic carbocycles. The summed E-state index contributed by atoms with van der Waals surface area (Å²) in [5, 5.41) is 20.6.